The van der Waals surface area contributed by atoms with Crippen molar-refractivity contribution < 1.29 is 9.21 Å². The van der Waals surface area contributed by atoms with Crippen LogP contribution in [0.2, 0.25) is 0 Å². The number of aryl methyl sites for hydroxylation is 2. The van der Waals surface area contributed by atoms with E-state index in [-0.39, 0.29) is 5.91 Å². The lowest BCUT2D eigenvalue weighted by molar-refractivity contribution is -0.130. The number of furan rings is 1. The Morgan fingerprint density at radius 3 is 2.78 bits per heavy atom. The molecule has 1 aromatic carbocycles. The standard InChI is InChI=1S/C22H31N3O2/c1-15-5-8-20-19(9-15)16(2)21(27-20)13-25-11-17-6-7-18(25)12-24(10-17)14-22(26)23(3)4/h5,8-9,17-18H,6-7,10-14H2,1-4H3/t17-,18+/m0/s1. The Morgan fingerprint density at radius 2 is 2.00 bits per heavy atom. The van der Waals surface area contributed by atoms with Crippen LogP contribution in [0.15, 0.2) is 22.6 Å². The van der Waals surface area contributed by atoms with E-state index in [0.717, 1.165) is 37.5 Å². The zero-order valence-corrected chi connectivity index (χ0v) is 17.0. The van der Waals surface area contributed by atoms with E-state index in [1.54, 1.807) is 4.90 Å². The van der Waals surface area contributed by atoms with Crippen LogP contribution in [0.1, 0.15) is 29.7 Å². The number of hydrogen-bond donors (Lipinski definition) is 0. The van der Waals surface area contributed by atoms with Crippen LogP contribution in [-0.2, 0) is 11.3 Å². The van der Waals surface area contributed by atoms with Crippen molar-refractivity contribution in [2.75, 3.05) is 40.3 Å². The molecule has 3 aliphatic heterocycles. The highest BCUT2D eigenvalue weighted by Crippen LogP contribution is 2.32. The summed E-state index contributed by atoms with van der Waals surface area (Å²) in [5, 5.41) is 1.24. The van der Waals surface area contributed by atoms with Gasteiger partial charge in [0.1, 0.15) is 11.3 Å². The van der Waals surface area contributed by atoms with Crippen molar-refractivity contribution >= 4 is 16.9 Å². The first-order chi connectivity index (χ1) is 12.9. The maximum Gasteiger partial charge on any atom is 0.236 e. The summed E-state index contributed by atoms with van der Waals surface area (Å²) in [5.41, 5.74) is 3.53. The number of amides is 1. The predicted octanol–water partition coefficient (Wildman–Crippen LogP) is 3.03. The topological polar surface area (TPSA) is 39.9 Å². The molecule has 27 heavy (non-hydrogen) atoms. The van der Waals surface area contributed by atoms with Gasteiger partial charge in [-0.3, -0.25) is 14.6 Å². The van der Waals surface area contributed by atoms with Crippen LogP contribution >= 0.6 is 0 Å². The van der Waals surface area contributed by atoms with E-state index >= 15 is 0 Å². The van der Waals surface area contributed by atoms with Crippen LogP contribution in [0, 0.1) is 19.8 Å². The van der Waals surface area contributed by atoms with Gasteiger partial charge >= 0.3 is 0 Å². The molecule has 4 heterocycles. The van der Waals surface area contributed by atoms with Gasteiger partial charge in [-0.1, -0.05) is 11.6 Å². The van der Waals surface area contributed by atoms with Crippen LogP contribution in [0.5, 0.6) is 0 Å². The van der Waals surface area contributed by atoms with E-state index in [9.17, 15) is 4.79 Å². The minimum Gasteiger partial charge on any atom is -0.459 e. The molecule has 0 spiro atoms. The summed E-state index contributed by atoms with van der Waals surface area (Å²) in [6, 6.07) is 6.93. The third-order valence-electron chi connectivity index (χ3n) is 6.30. The van der Waals surface area contributed by atoms with Gasteiger partial charge in [0.25, 0.3) is 0 Å². The van der Waals surface area contributed by atoms with Crippen molar-refractivity contribution in [2.24, 2.45) is 5.92 Å². The normalized spacial score (nSPS) is 23.7. The molecule has 5 rings (SSSR count). The lowest BCUT2D eigenvalue weighted by Crippen LogP contribution is -2.44. The predicted molar refractivity (Wildman–Crippen MR) is 108 cm³/mol. The molecular formula is C22H31N3O2. The molecule has 0 radical (unpaired) electrons. The van der Waals surface area contributed by atoms with Crippen molar-refractivity contribution in [3.05, 3.63) is 35.1 Å². The second-order valence-electron chi connectivity index (χ2n) is 8.66. The quantitative estimate of drug-likeness (QED) is 0.831. The summed E-state index contributed by atoms with van der Waals surface area (Å²) in [7, 11) is 3.68. The van der Waals surface area contributed by atoms with Gasteiger partial charge in [-0.25, -0.2) is 0 Å². The SMILES string of the molecule is Cc1ccc2oc(CN3C[C@H]4CC[C@@H]3CN(CC(=O)N(C)C)C4)c(C)c2c1. The minimum absolute atomic E-state index is 0.200. The average molecular weight is 370 g/mol. The summed E-state index contributed by atoms with van der Waals surface area (Å²) < 4.78 is 6.21. The van der Waals surface area contributed by atoms with Crippen molar-refractivity contribution in [1.82, 2.24) is 14.7 Å². The maximum absolute atomic E-state index is 12.2. The largest absolute Gasteiger partial charge is 0.459 e. The molecule has 0 N–H and O–H groups in total. The first kappa shape index (κ1) is 18.5. The highest BCUT2D eigenvalue weighted by atomic mass is 16.3. The van der Waals surface area contributed by atoms with Gasteiger partial charge in [0, 0.05) is 45.2 Å². The summed E-state index contributed by atoms with van der Waals surface area (Å²) in [6.45, 7) is 8.83. The fourth-order valence-corrected chi connectivity index (χ4v) is 4.65. The van der Waals surface area contributed by atoms with Gasteiger partial charge in [0.2, 0.25) is 5.91 Å². The van der Waals surface area contributed by atoms with Crippen LogP contribution in [0.3, 0.4) is 0 Å². The molecule has 2 aromatic rings. The molecule has 0 aliphatic carbocycles. The lowest BCUT2D eigenvalue weighted by atomic mass is 9.95. The molecule has 3 fully saturated rings. The molecule has 1 aromatic heterocycles. The zero-order valence-electron chi connectivity index (χ0n) is 17.0. The molecule has 0 unspecified atom stereocenters. The second-order valence-corrected chi connectivity index (χ2v) is 8.66. The zero-order chi connectivity index (χ0) is 19.1. The maximum atomic E-state index is 12.2. The lowest BCUT2D eigenvalue weighted by Gasteiger charge is -2.35. The van der Waals surface area contributed by atoms with Crippen LogP contribution < -0.4 is 0 Å². The average Bonchev–Trinajstić information content (AvgIpc) is 2.77. The summed E-state index contributed by atoms with van der Waals surface area (Å²) in [5.74, 6) is 1.94. The van der Waals surface area contributed by atoms with Gasteiger partial charge in [0.15, 0.2) is 0 Å². The molecule has 146 valence electrons. The van der Waals surface area contributed by atoms with E-state index in [1.165, 1.54) is 29.4 Å². The number of likely N-dealkylation sites (N-methyl/N-ethyl adjacent to an activating group) is 1. The highest BCUT2D eigenvalue weighted by molar-refractivity contribution is 5.82. The van der Waals surface area contributed by atoms with Crippen LogP contribution in [0.4, 0.5) is 0 Å². The molecular weight excluding hydrogens is 338 g/mol. The number of piperidine rings is 1. The van der Waals surface area contributed by atoms with Gasteiger partial charge in [-0.15, -0.1) is 0 Å². The molecule has 3 saturated heterocycles. The fraction of sp³-hybridized carbons (Fsp3) is 0.591. The minimum atomic E-state index is 0.200. The summed E-state index contributed by atoms with van der Waals surface area (Å²) in [6.07, 6.45) is 2.49. The van der Waals surface area contributed by atoms with E-state index in [4.69, 9.17) is 4.42 Å². The van der Waals surface area contributed by atoms with Gasteiger partial charge in [-0.2, -0.15) is 0 Å². The Hall–Kier alpha value is -1.85. The summed E-state index contributed by atoms with van der Waals surface area (Å²) in [4.78, 5) is 18.8. The molecule has 5 heteroatoms. The first-order valence-corrected chi connectivity index (χ1v) is 10.1. The van der Waals surface area contributed by atoms with E-state index in [0.29, 0.717) is 18.5 Å². The summed E-state index contributed by atoms with van der Waals surface area (Å²) >= 11 is 0. The molecule has 0 saturated carbocycles. The first-order valence-electron chi connectivity index (χ1n) is 10.1. The van der Waals surface area contributed by atoms with Crippen molar-refractivity contribution in [1.29, 1.82) is 0 Å². The van der Waals surface area contributed by atoms with E-state index < -0.39 is 0 Å². The molecule has 1 amide bonds. The Morgan fingerprint density at radius 1 is 1.19 bits per heavy atom. The number of hydrogen-bond acceptors (Lipinski definition) is 4. The van der Waals surface area contributed by atoms with Crippen molar-refractivity contribution in [3.8, 4) is 0 Å². The Labute approximate surface area is 161 Å². The fourth-order valence-electron chi connectivity index (χ4n) is 4.65. The number of nitrogens with zero attached hydrogens (tertiary/aromatic N) is 3. The number of benzene rings is 1. The Bertz CT molecular complexity index is 841. The number of rotatable bonds is 4. The van der Waals surface area contributed by atoms with Crippen molar-refractivity contribution in [3.63, 3.8) is 0 Å². The monoisotopic (exact) mass is 369 g/mol. The highest BCUT2D eigenvalue weighted by Gasteiger charge is 2.36. The third kappa shape index (κ3) is 3.76. The van der Waals surface area contributed by atoms with Gasteiger partial charge in [-0.05, 0) is 50.3 Å². The number of carbonyl (C=O) groups is 1. The van der Waals surface area contributed by atoms with Crippen LogP contribution in [-0.4, -0.2) is 66.9 Å². The number of carbonyl (C=O) groups excluding carboxylic acids is 1. The molecule has 3 aliphatic rings. The van der Waals surface area contributed by atoms with E-state index in [2.05, 4.69) is 41.8 Å². The van der Waals surface area contributed by atoms with Gasteiger partial charge < -0.3 is 9.32 Å². The smallest absolute Gasteiger partial charge is 0.236 e. The van der Waals surface area contributed by atoms with Gasteiger partial charge in [0.05, 0.1) is 13.1 Å². The molecule has 2 bridgehead atoms. The van der Waals surface area contributed by atoms with E-state index in [1.807, 2.05) is 14.1 Å². The molecule has 2 atom stereocenters. The Kier molecular flexibility index (Phi) is 4.99. The van der Waals surface area contributed by atoms with Crippen molar-refractivity contribution in [2.45, 2.75) is 39.3 Å². The number of fused-ring (bicyclic) bond motifs is 5. The Balaban J connectivity index is 1.51. The second kappa shape index (κ2) is 7.28. The molecule has 5 nitrogen and oxygen atoms in total. The van der Waals surface area contributed by atoms with Crippen LogP contribution in [0.25, 0.3) is 11.0 Å². The third-order valence-corrected chi connectivity index (χ3v) is 6.30.